The Balaban J connectivity index is 1.13. The predicted molar refractivity (Wildman–Crippen MR) is 189 cm³/mol. The van der Waals surface area contributed by atoms with Crippen molar-refractivity contribution in [2.75, 3.05) is 52.7 Å². The minimum absolute atomic E-state index is 0.0767. The molecule has 4 fully saturated rings. The smallest absolute Gasteiger partial charge is 0.176 e. The van der Waals surface area contributed by atoms with Crippen molar-refractivity contribution in [1.82, 2.24) is 0 Å². The fraction of sp³-hybridized carbons (Fsp3) is 1.00. The van der Waals surface area contributed by atoms with Crippen LogP contribution < -0.4 is 45.9 Å². The zero-order valence-electron chi connectivity index (χ0n) is 30.6. The van der Waals surface area contributed by atoms with Crippen LogP contribution in [0.25, 0.3) is 0 Å². The number of hydrogen-bond acceptors (Lipinski definition) is 22. The summed E-state index contributed by atoms with van der Waals surface area (Å²) < 4.78 is 46.7. The summed E-state index contributed by atoms with van der Waals surface area (Å²) in [7, 11) is 0. The molecular formula is C32H66N8O14. The van der Waals surface area contributed by atoms with Crippen molar-refractivity contribution >= 4 is 0 Å². The van der Waals surface area contributed by atoms with Crippen LogP contribution in [0.3, 0.4) is 0 Å². The first-order chi connectivity index (χ1) is 25.7. The van der Waals surface area contributed by atoms with Gasteiger partial charge in [0.15, 0.2) is 12.6 Å². The van der Waals surface area contributed by atoms with E-state index in [1.54, 1.807) is 0 Å². The van der Waals surface area contributed by atoms with Crippen molar-refractivity contribution < 1.29 is 68.5 Å². The van der Waals surface area contributed by atoms with E-state index in [1.807, 2.05) is 0 Å². The van der Waals surface area contributed by atoms with Gasteiger partial charge >= 0.3 is 0 Å². The molecule has 0 radical (unpaired) electrons. The summed E-state index contributed by atoms with van der Waals surface area (Å²) >= 11 is 0. The van der Waals surface area contributed by atoms with Crippen LogP contribution in [0.2, 0.25) is 0 Å². The molecule has 2 aliphatic carbocycles. The molecular weight excluding hydrogens is 720 g/mol. The fourth-order valence-corrected chi connectivity index (χ4v) is 7.21. The van der Waals surface area contributed by atoms with Crippen molar-refractivity contribution in [3.8, 4) is 0 Å². The van der Waals surface area contributed by atoms with Crippen LogP contribution in [0.1, 0.15) is 25.7 Å². The van der Waals surface area contributed by atoms with Gasteiger partial charge in [-0.25, -0.2) is 0 Å². The van der Waals surface area contributed by atoms with Gasteiger partial charge in [-0.1, -0.05) is 0 Å². The summed E-state index contributed by atoms with van der Waals surface area (Å²) in [6.45, 7) is 1.47. The molecule has 4 rings (SSSR count). The van der Waals surface area contributed by atoms with Gasteiger partial charge in [0.25, 0.3) is 0 Å². The first-order valence-corrected chi connectivity index (χ1v) is 18.7. The number of ether oxygens (including phenoxy) is 8. The minimum Gasteiger partial charge on any atom is -0.389 e. The number of rotatable bonds is 19. The van der Waals surface area contributed by atoms with E-state index in [2.05, 4.69) is 0 Å². The standard InChI is InChI=1S/C32H66N8O14/c33-11-17-23(43)25(45)19(39)31(51-17)53-27-15(37)9-13(35)21(41)29(27)49-5-1-3-47-7-8-48-4-2-6-50-30-22(42)14(36)10-16(38)28(30)54-32-20(40)26(46)24(44)18(12-34)52-32/h13-32,41-46H,1-12,33-40H2/t13-,14+,15+,16-,17-,18-,19-,20-,21+,22-,23-,24-,25-,26-,27-,28+,29-,30+,31-,32-/m1/s1. The Bertz CT molecular complexity index is 1000. The lowest BCUT2D eigenvalue weighted by Crippen LogP contribution is -2.67. The van der Waals surface area contributed by atoms with E-state index in [1.165, 1.54) is 0 Å². The molecule has 0 bridgehead atoms. The number of nitrogens with two attached hydrogens (primary N) is 8. The fourth-order valence-electron chi connectivity index (χ4n) is 7.21. The molecule has 0 spiro atoms. The van der Waals surface area contributed by atoms with Gasteiger partial charge in [-0.3, -0.25) is 0 Å². The molecule has 0 aromatic heterocycles. The van der Waals surface area contributed by atoms with E-state index in [9.17, 15) is 30.6 Å². The van der Waals surface area contributed by atoms with Crippen LogP contribution in [-0.4, -0.2) is 205 Å². The van der Waals surface area contributed by atoms with E-state index in [4.69, 9.17) is 83.8 Å². The van der Waals surface area contributed by atoms with Gasteiger partial charge in [-0.2, -0.15) is 0 Å². The largest absolute Gasteiger partial charge is 0.389 e. The van der Waals surface area contributed by atoms with Gasteiger partial charge < -0.3 is 114 Å². The molecule has 0 unspecified atom stereocenters. The van der Waals surface area contributed by atoms with E-state index < -0.39 is 122 Å². The molecule has 4 aliphatic rings. The predicted octanol–water partition coefficient (Wildman–Crippen LogP) is -8.36. The third-order valence-electron chi connectivity index (χ3n) is 10.5. The first-order valence-electron chi connectivity index (χ1n) is 18.7. The number of aliphatic hydroxyl groups is 6. The molecule has 22 N–H and O–H groups in total. The second-order valence-corrected chi connectivity index (χ2v) is 14.6. The van der Waals surface area contributed by atoms with Crippen molar-refractivity contribution in [3.05, 3.63) is 0 Å². The van der Waals surface area contributed by atoms with Crippen molar-refractivity contribution in [1.29, 1.82) is 0 Å². The van der Waals surface area contributed by atoms with E-state index in [0.717, 1.165) is 0 Å². The van der Waals surface area contributed by atoms with E-state index in [-0.39, 0.29) is 39.1 Å². The first kappa shape index (κ1) is 45.8. The zero-order valence-corrected chi connectivity index (χ0v) is 30.6. The number of aliphatic hydroxyl groups excluding tert-OH is 6. The Kier molecular flexibility index (Phi) is 18.5. The lowest BCUT2D eigenvalue weighted by molar-refractivity contribution is -0.291. The molecule has 54 heavy (non-hydrogen) atoms. The lowest BCUT2D eigenvalue weighted by atomic mass is 9.84. The Labute approximate surface area is 314 Å². The van der Waals surface area contributed by atoms with Gasteiger partial charge in [0.05, 0.1) is 37.5 Å². The average Bonchev–Trinajstić information content (AvgIpc) is 3.14. The molecule has 0 aromatic rings. The highest BCUT2D eigenvalue weighted by molar-refractivity contribution is 5.02. The molecule has 2 saturated heterocycles. The molecule has 0 amide bonds. The molecule has 0 aromatic carbocycles. The van der Waals surface area contributed by atoms with Crippen LogP contribution in [0.15, 0.2) is 0 Å². The van der Waals surface area contributed by atoms with E-state index >= 15 is 0 Å². The van der Waals surface area contributed by atoms with E-state index in [0.29, 0.717) is 39.3 Å². The van der Waals surface area contributed by atoms with Gasteiger partial charge in [0, 0.05) is 63.7 Å². The molecule has 2 saturated carbocycles. The Morgan fingerprint density at radius 1 is 0.444 bits per heavy atom. The third-order valence-corrected chi connectivity index (χ3v) is 10.5. The second kappa shape index (κ2) is 21.8. The highest BCUT2D eigenvalue weighted by atomic mass is 16.7. The summed E-state index contributed by atoms with van der Waals surface area (Å²) in [5, 5.41) is 62.7. The number of hydrogen-bond donors (Lipinski definition) is 14. The highest BCUT2D eigenvalue weighted by Crippen LogP contribution is 2.30. The molecule has 2 aliphatic heterocycles. The average molecular weight is 787 g/mol. The summed E-state index contributed by atoms with van der Waals surface area (Å²) in [4.78, 5) is 0. The maximum Gasteiger partial charge on any atom is 0.176 e. The SMILES string of the molecule is NC[C@H]1O[C@H](O[C@@H]2[C@@H](OCCCOCCOCCCO[C@@H]3[C@@H](O)[C@H](N)C[C@H](N)[C@H]3O[C@H]3O[C@H](CN)[C@@H](O)[C@H](O)[C@H]3N)[C@H](O)[C@@H](N)C[C@H]2N)[C@H](N)[C@@H](O)[C@@H]1O. The van der Waals surface area contributed by atoms with Gasteiger partial charge in [-0.15, -0.1) is 0 Å². The second-order valence-electron chi connectivity index (χ2n) is 14.6. The highest BCUT2D eigenvalue weighted by Gasteiger charge is 2.50. The van der Waals surface area contributed by atoms with Gasteiger partial charge in [0.1, 0.15) is 61.0 Å². The topological polar surface area (TPSA) is 403 Å². The summed E-state index contributed by atoms with van der Waals surface area (Å²) in [5.74, 6) is 0. The van der Waals surface area contributed by atoms with Crippen LogP contribution >= 0.6 is 0 Å². The van der Waals surface area contributed by atoms with Crippen molar-refractivity contribution in [3.63, 3.8) is 0 Å². The zero-order chi connectivity index (χ0) is 39.7. The van der Waals surface area contributed by atoms with Gasteiger partial charge in [0.2, 0.25) is 0 Å². The third kappa shape index (κ3) is 11.4. The molecule has 2 heterocycles. The van der Waals surface area contributed by atoms with Crippen molar-refractivity contribution in [2.45, 2.75) is 148 Å². The van der Waals surface area contributed by atoms with Crippen LogP contribution in [0, 0.1) is 0 Å². The quantitative estimate of drug-likeness (QED) is 0.0540. The lowest BCUT2D eigenvalue weighted by Gasteiger charge is -2.46. The minimum atomic E-state index is -1.34. The molecule has 22 nitrogen and oxygen atoms in total. The molecule has 22 heteroatoms. The Morgan fingerprint density at radius 3 is 1.17 bits per heavy atom. The normalized spacial score (nSPS) is 46.1. The Hall–Kier alpha value is -0.880. The van der Waals surface area contributed by atoms with Crippen LogP contribution in [-0.2, 0) is 37.9 Å². The van der Waals surface area contributed by atoms with Crippen LogP contribution in [0.4, 0.5) is 0 Å². The Morgan fingerprint density at radius 2 is 0.815 bits per heavy atom. The summed E-state index contributed by atoms with van der Waals surface area (Å²) in [6.07, 6.45) is -13.7. The van der Waals surface area contributed by atoms with Gasteiger partial charge in [-0.05, 0) is 25.7 Å². The maximum absolute atomic E-state index is 10.8. The summed E-state index contributed by atoms with van der Waals surface area (Å²) in [6, 6.07) is -4.77. The monoisotopic (exact) mass is 786 g/mol. The molecule has 20 atom stereocenters. The summed E-state index contributed by atoms with van der Waals surface area (Å²) in [5.41, 5.74) is 48.3. The maximum atomic E-state index is 10.8. The van der Waals surface area contributed by atoms with Crippen LogP contribution in [0.5, 0.6) is 0 Å². The molecule has 318 valence electrons. The van der Waals surface area contributed by atoms with Crippen molar-refractivity contribution in [2.24, 2.45) is 45.9 Å².